The summed E-state index contributed by atoms with van der Waals surface area (Å²) in [4.78, 5) is 6.98. The maximum absolute atomic E-state index is 13.0. The van der Waals surface area contributed by atoms with Gasteiger partial charge in [-0.1, -0.05) is 47.5 Å². The van der Waals surface area contributed by atoms with Gasteiger partial charge in [0.25, 0.3) is 0 Å². The van der Waals surface area contributed by atoms with Crippen molar-refractivity contribution in [2.24, 2.45) is 0 Å². The molecule has 0 radical (unpaired) electrons. The number of aromatic nitrogens is 1. The van der Waals surface area contributed by atoms with E-state index in [1.807, 2.05) is 0 Å². The second-order valence-electron chi connectivity index (χ2n) is 7.66. The molecule has 1 fully saturated rings. The normalized spacial score (nSPS) is 15.4. The summed E-state index contributed by atoms with van der Waals surface area (Å²) < 4.78 is 27.5. The molecule has 2 heterocycles. The molecular formula is C22H23Cl2N3O2S2. The summed E-state index contributed by atoms with van der Waals surface area (Å²) >= 11 is 13.8. The number of halogens is 2. The molecule has 1 aliphatic heterocycles. The van der Waals surface area contributed by atoms with Crippen LogP contribution in [0.1, 0.15) is 22.4 Å². The summed E-state index contributed by atoms with van der Waals surface area (Å²) in [6, 6.07) is 11.2. The zero-order valence-corrected chi connectivity index (χ0v) is 20.5. The molecule has 9 heteroatoms. The largest absolute Gasteiger partial charge is 0.345 e. The smallest absolute Gasteiger partial charge is 0.244 e. The Morgan fingerprint density at radius 3 is 2.48 bits per heavy atom. The summed E-state index contributed by atoms with van der Waals surface area (Å²) in [5.41, 5.74) is 4.85. The lowest BCUT2D eigenvalue weighted by atomic mass is 10.0. The molecule has 31 heavy (non-hydrogen) atoms. The van der Waals surface area contributed by atoms with Crippen LogP contribution in [0.5, 0.6) is 0 Å². The second kappa shape index (κ2) is 9.08. The molecule has 0 amide bonds. The molecule has 0 N–H and O–H groups in total. The van der Waals surface area contributed by atoms with Crippen molar-refractivity contribution in [1.82, 2.24) is 9.29 Å². The fourth-order valence-electron chi connectivity index (χ4n) is 3.59. The number of rotatable bonds is 5. The number of aryl methyl sites for hydroxylation is 2. The standard InChI is InChI=1S/C22H23Cl2N3O2S2/c1-15-6-7-17(12-16(15)2)13-18-14-30-22(25-18)26-8-10-27(11-9-26)31(28,29)20-5-3-4-19(23)21(20)24/h3-7,12,14H,8-11,13H2,1-2H3. The number of benzene rings is 2. The minimum Gasteiger partial charge on any atom is -0.345 e. The van der Waals surface area contributed by atoms with E-state index in [-0.39, 0.29) is 14.9 Å². The van der Waals surface area contributed by atoms with E-state index in [2.05, 4.69) is 42.3 Å². The summed E-state index contributed by atoms with van der Waals surface area (Å²) in [6.07, 6.45) is 0.791. The van der Waals surface area contributed by atoms with E-state index in [0.29, 0.717) is 26.2 Å². The van der Waals surface area contributed by atoms with Crippen molar-refractivity contribution in [3.05, 3.63) is 74.2 Å². The van der Waals surface area contributed by atoms with Gasteiger partial charge < -0.3 is 4.90 Å². The van der Waals surface area contributed by atoms with Crippen molar-refractivity contribution in [1.29, 1.82) is 0 Å². The van der Waals surface area contributed by atoms with Gasteiger partial charge in [-0.05, 0) is 42.7 Å². The van der Waals surface area contributed by atoms with Crippen LogP contribution in [0.3, 0.4) is 0 Å². The number of hydrogen-bond acceptors (Lipinski definition) is 5. The third-order valence-electron chi connectivity index (χ3n) is 5.54. The Bertz CT molecular complexity index is 1200. The van der Waals surface area contributed by atoms with Crippen molar-refractivity contribution in [3.63, 3.8) is 0 Å². The van der Waals surface area contributed by atoms with Gasteiger partial charge >= 0.3 is 0 Å². The maximum Gasteiger partial charge on any atom is 0.244 e. The Hall–Kier alpha value is -1.64. The quantitative estimate of drug-likeness (QED) is 0.489. The molecule has 1 aliphatic rings. The highest BCUT2D eigenvalue weighted by atomic mass is 35.5. The van der Waals surface area contributed by atoms with Crippen LogP contribution in [-0.2, 0) is 16.4 Å². The van der Waals surface area contributed by atoms with Gasteiger partial charge in [0.2, 0.25) is 10.0 Å². The lowest BCUT2D eigenvalue weighted by molar-refractivity contribution is 0.384. The molecule has 3 aromatic rings. The van der Waals surface area contributed by atoms with Crippen molar-refractivity contribution < 1.29 is 8.42 Å². The Morgan fingerprint density at radius 1 is 1.03 bits per heavy atom. The van der Waals surface area contributed by atoms with E-state index in [1.165, 1.54) is 27.1 Å². The molecule has 0 spiro atoms. The van der Waals surface area contributed by atoms with E-state index in [0.717, 1.165) is 17.2 Å². The summed E-state index contributed by atoms with van der Waals surface area (Å²) in [5, 5.41) is 3.32. The average molecular weight is 496 g/mol. The number of piperazine rings is 1. The highest BCUT2D eigenvalue weighted by Gasteiger charge is 2.31. The van der Waals surface area contributed by atoms with Crippen LogP contribution in [-0.4, -0.2) is 43.9 Å². The molecule has 1 aromatic heterocycles. The van der Waals surface area contributed by atoms with Gasteiger partial charge in [0, 0.05) is 38.0 Å². The van der Waals surface area contributed by atoms with Crippen LogP contribution in [0.15, 0.2) is 46.7 Å². The van der Waals surface area contributed by atoms with Gasteiger partial charge in [-0.3, -0.25) is 0 Å². The highest BCUT2D eigenvalue weighted by Crippen LogP contribution is 2.32. The molecule has 0 atom stereocenters. The summed E-state index contributed by atoms with van der Waals surface area (Å²) in [5.74, 6) is 0. The minimum absolute atomic E-state index is 0.0556. The second-order valence-corrected chi connectivity index (χ2v) is 11.2. The SMILES string of the molecule is Cc1ccc(Cc2csc(N3CCN(S(=O)(=O)c4cccc(Cl)c4Cl)CC3)n2)cc1C. The molecular weight excluding hydrogens is 473 g/mol. The molecule has 0 unspecified atom stereocenters. The fourth-order valence-corrected chi connectivity index (χ4v) is 6.62. The van der Waals surface area contributed by atoms with Gasteiger partial charge in [-0.2, -0.15) is 4.31 Å². The summed E-state index contributed by atoms with van der Waals surface area (Å²) in [7, 11) is -3.69. The van der Waals surface area contributed by atoms with Crippen molar-refractivity contribution in [3.8, 4) is 0 Å². The van der Waals surface area contributed by atoms with E-state index >= 15 is 0 Å². The third-order valence-corrected chi connectivity index (χ3v) is 9.36. The molecule has 164 valence electrons. The van der Waals surface area contributed by atoms with Gasteiger partial charge in [0.05, 0.1) is 15.7 Å². The maximum atomic E-state index is 13.0. The highest BCUT2D eigenvalue weighted by molar-refractivity contribution is 7.89. The molecule has 0 aliphatic carbocycles. The number of thiazole rings is 1. The third kappa shape index (κ3) is 4.76. The molecule has 0 saturated carbocycles. The monoisotopic (exact) mass is 495 g/mol. The Kier molecular flexibility index (Phi) is 6.60. The van der Waals surface area contributed by atoms with Crippen LogP contribution in [0.25, 0.3) is 0 Å². The molecule has 4 rings (SSSR count). The first-order valence-corrected chi connectivity index (χ1v) is 13.0. The van der Waals surface area contributed by atoms with Crippen molar-refractivity contribution in [2.75, 3.05) is 31.1 Å². The average Bonchev–Trinajstić information content (AvgIpc) is 3.21. The van der Waals surface area contributed by atoms with Gasteiger partial charge in [0.1, 0.15) is 4.90 Å². The fraction of sp³-hybridized carbons (Fsp3) is 0.318. The first-order valence-electron chi connectivity index (χ1n) is 9.95. The number of nitrogens with zero attached hydrogens (tertiary/aromatic N) is 3. The lowest BCUT2D eigenvalue weighted by Gasteiger charge is -2.34. The van der Waals surface area contributed by atoms with Crippen LogP contribution < -0.4 is 4.90 Å². The molecule has 2 aromatic carbocycles. The number of sulfonamides is 1. The predicted molar refractivity (Wildman–Crippen MR) is 128 cm³/mol. The first-order chi connectivity index (χ1) is 14.8. The molecule has 1 saturated heterocycles. The van der Waals surface area contributed by atoms with Crippen LogP contribution in [0, 0.1) is 13.8 Å². The summed E-state index contributed by atoms with van der Waals surface area (Å²) in [6.45, 7) is 6.13. The Balaban J connectivity index is 1.42. The minimum atomic E-state index is -3.69. The Labute approximate surface area is 197 Å². The van der Waals surface area contributed by atoms with E-state index < -0.39 is 10.0 Å². The van der Waals surface area contributed by atoms with Crippen LogP contribution in [0.4, 0.5) is 5.13 Å². The predicted octanol–water partition coefficient (Wildman–Crippen LogP) is 5.17. The number of anilines is 1. The topological polar surface area (TPSA) is 53.5 Å². The van der Waals surface area contributed by atoms with Crippen LogP contribution >= 0.6 is 34.5 Å². The molecule has 0 bridgehead atoms. The van der Waals surface area contributed by atoms with Gasteiger partial charge in [-0.15, -0.1) is 11.3 Å². The zero-order chi connectivity index (χ0) is 22.2. The van der Waals surface area contributed by atoms with E-state index in [1.54, 1.807) is 23.5 Å². The van der Waals surface area contributed by atoms with E-state index in [9.17, 15) is 8.42 Å². The molecule has 5 nitrogen and oxygen atoms in total. The number of hydrogen-bond donors (Lipinski definition) is 0. The van der Waals surface area contributed by atoms with E-state index in [4.69, 9.17) is 28.2 Å². The van der Waals surface area contributed by atoms with Crippen molar-refractivity contribution in [2.45, 2.75) is 25.2 Å². The van der Waals surface area contributed by atoms with Crippen LogP contribution in [0.2, 0.25) is 10.0 Å². The lowest BCUT2D eigenvalue weighted by Crippen LogP contribution is -2.48. The first kappa shape index (κ1) is 22.6. The Morgan fingerprint density at radius 2 is 1.77 bits per heavy atom. The van der Waals surface area contributed by atoms with Crippen molar-refractivity contribution >= 4 is 49.7 Å². The van der Waals surface area contributed by atoms with Gasteiger partial charge in [0.15, 0.2) is 5.13 Å². The zero-order valence-electron chi connectivity index (χ0n) is 17.3. The van der Waals surface area contributed by atoms with Gasteiger partial charge in [-0.25, -0.2) is 13.4 Å².